The molecule has 94 valence electrons. The van der Waals surface area contributed by atoms with Crippen molar-refractivity contribution in [1.29, 1.82) is 0 Å². The van der Waals surface area contributed by atoms with Gasteiger partial charge in [0.2, 0.25) is 0 Å². The zero-order valence-corrected chi connectivity index (χ0v) is 10.5. The van der Waals surface area contributed by atoms with Gasteiger partial charge in [0, 0.05) is 6.04 Å². The van der Waals surface area contributed by atoms with Crippen LogP contribution in [0.2, 0.25) is 0 Å². The molecule has 1 rings (SSSR count). The molecule has 3 N–H and O–H groups in total. The molecule has 0 amide bonds. The smallest absolute Gasteiger partial charge is 0.304 e. The molecule has 0 aromatic rings. The Balaban J connectivity index is 2.22. The topological polar surface area (TPSA) is 63.3 Å². The summed E-state index contributed by atoms with van der Waals surface area (Å²) in [5.74, 6) is 0.136. The van der Waals surface area contributed by atoms with Crippen molar-refractivity contribution >= 4 is 5.97 Å². The molecule has 0 aromatic carbocycles. The lowest BCUT2D eigenvalue weighted by Crippen LogP contribution is -2.30. The van der Waals surface area contributed by atoms with Crippen LogP contribution in [-0.4, -0.2) is 17.1 Å². The molecule has 1 saturated carbocycles. The van der Waals surface area contributed by atoms with Gasteiger partial charge in [0.25, 0.3) is 0 Å². The molecule has 16 heavy (non-hydrogen) atoms. The SMILES string of the molecule is CC(C)(CCC1CCC1)CC(N)CC(=O)O. The van der Waals surface area contributed by atoms with Crippen LogP contribution >= 0.6 is 0 Å². The zero-order chi connectivity index (χ0) is 12.2. The number of rotatable bonds is 7. The predicted molar refractivity (Wildman–Crippen MR) is 65.2 cm³/mol. The van der Waals surface area contributed by atoms with Crippen molar-refractivity contribution in [2.45, 2.75) is 64.8 Å². The predicted octanol–water partition coefficient (Wildman–Crippen LogP) is 2.79. The highest BCUT2D eigenvalue weighted by molar-refractivity contribution is 5.67. The van der Waals surface area contributed by atoms with E-state index < -0.39 is 5.97 Å². The number of carboxylic acid groups (broad SMARTS) is 1. The van der Waals surface area contributed by atoms with Crippen LogP contribution in [0.25, 0.3) is 0 Å². The zero-order valence-electron chi connectivity index (χ0n) is 10.5. The van der Waals surface area contributed by atoms with Crippen LogP contribution in [0.15, 0.2) is 0 Å². The van der Waals surface area contributed by atoms with Gasteiger partial charge in [-0.25, -0.2) is 0 Å². The average Bonchev–Trinajstić information content (AvgIpc) is 1.96. The summed E-state index contributed by atoms with van der Waals surface area (Å²) in [5, 5.41) is 8.67. The van der Waals surface area contributed by atoms with Crippen molar-refractivity contribution in [3.05, 3.63) is 0 Å². The van der Waals surface area contributed by atoms with Gasteiger partial charge < -0.3 is 10.8 Å². The Morgan fingerprint density at radius 1 is 1.50 bits per heavy atom. The van der Waals surface area contributed by atoms with E-state index in [1.807, 2.05) is 0 Å². The molecule has 0 heterocycles. The molecule has 0 radical (unpaired) electrons. The number of carbonyl (C=O) groups is 1. The molecule has 1 aliphatic carbocycles. The van der Waals surface area contributed by atoms with Gasteiger partial charge in [0.15, 0.2) is 0 Å². The van der Waals surface area contributed by atoms with Crippen LogP contribution in [-0.2, 0) is 4.79 Å². The van der Waals surface area contributed by atoms with Crippen molar-refractivity contribution in [2.24, 2.45) is 17.1 Å². The standard InChI is InChI=1S/C13H25NO2/c1-13(2,7-6-10-4-3-5-10)9-11(14)8-12(15)16/h10-11H,3-9,14H2,1-2H3,(H,15,16). The molecule has 1 unspecified atom stereocenters. The maximum Gasteiger partial charge on any atom is 0.304 e. The molecule has 0 aromatic heterocycles. The number of carboxylic acids is 1. The van der Waals surface area contributed by atoms with E-state index in [9.17, 15) is 4.79 Å². The molecular formula is C13H25NO2. The first-order valence-electron chi connectivity index (χ1n) is 6.36. The Morgan fingerprint density at radius 2 is 2.12 bits per heavy atom. The first kappa shape index (κ1) is 13.5. The Labute approximate surface area is 98.4 Å². The summed E-state index contributed by atoms with van der Waals surface area (Å²) in [6.45, 7) is 4.40. The maximum absolute atomic E-state index is 10.5. The van der Waals surface area contributed by atoms with Gasteiger partial charge in [-0.05, 0) is 30.6 Å². The van der Waals surface area contributed by atoms with E-state index >= 15 is 0 Å². The van der Waals surface area contributed by atoms with Gasteiger partial charge in [-0.15, -0.1) is 0 Å². The fraction of sp³-hybridized carbons (Fsp3) is 0.923. The fourth-order valence-corrected chi connectivity index (χ4v) is 2.48. The fourth-order valence-electron chi connectivity index (χ4n) is 2.48. The summed E-state index contributed by atoms with van der Waals surface area (Å²) in [7, 11) is 0. The largest absolute Gasteiger partial charge is 0.481 e. The van der Waals surface area contributed by atoms with Gasteiger partial charge in [-0.2, -0.15) is 0 Å². The highest BCUT2D eigenvalue weighted by atomic mass is 16.4. The number of hydrogen-bond acceptors (Lipinski definition) is 2. The monoisotopic (exact) mass is 227 g/mol. The van der Waals surface area contributed by atoms with Crippen molar-refractivity contribution in [3.8, 4) is 0 Å². The minimum Gasteiger partial charge on any atom is -0.481 e. The molecule has 0 spiro atoms. The Hall–Kier alpha value is -0.570. The number of hydrogen-bond donors (Lipinski definition) is 2. The molecule has 0 saturated heterocycles. The highest BCUT2D eigenvalue weighted by Gasteiger charge is 2.25. The molecule has 3 nitrogen and oxygen atoms in total. The summed E-state index contributed by atoms with van der Waals surface area (Å²) in [6, 6.07) is -0.200. The molecule has 1 fully saturated rings. The summed E-state index contributed by atoms with van der Waals surface area (Å²) in [4.78, 5) is 10.5. The van der Waals surface area contributed by atoms with E-state index in [1.165, 1.54) is 32.1 Å². The normalized spacial score (nSPS) is 19.2. The van der Waals surface area contributed by atoms with Crippen molar-refractivity contribution in [3.63, 3.8) is 0 Å². The van der Waals surface area contributed by atoms with Crippen molar-refractivity contribution in [1.82, 2.24) is 0 Å². The Bertz CT molecular complexity index is 234. The van der Waals surface area contributed by atoms with Crippen molar-refractivity contribution in [2.75, 3.05) is 0 Å². The highest BCUT2D eigenvalue weighted by Crippen LogP contribution is 2.36. The third-order valence-corrected chi connectivity index (χ3v) is 3.71. The minimum atomic E-state index is -0.790. The summed E-state index contributed by atoms with van der Waals surface area (Å²) in [6.07, 6.45) is 7.52. The average molecular weight is 227 g/mol. The lowest BCUT2D eigenvalue weighted by atomic mass is 9.74. The number of nitrogens with two attached hydrogens (primary N) is 1. The number of aliphatic carboxylic acids is 1. The van der Waals surface area contributed by atoms with Gasteiger partial charge in [-0.1, -0.05) is 33.1 Å². The third kappa shape index (κ3) is 4.97. The molecule has 1 aliphatic rings. The second-order valence-corrected chi connectivity index (χ2v) is 6.06. The molecular weight excluding hydrogens is 202 g/mol. The quantitative estimate of drug-likeness (QED) is 0.703. The van der Waals surface area contributed by atoms with Crippen LogP contribution in [0.3, 0.4) is 0 Å². The molecule has 0 bridgehead atoms. The van der Waals surface area contributed by atoms with E-state index in [0.29, 0.717) is 0 Å². The van der Waals surface area contributed by atoms with Crippen LogP contribution in [0.5, 0.6) is 0 Å². The van der Waals surface area contributed by atoms with Gasteiger partial charge in [0.1, 0.15) is 0 Å². The van der Waals surface area contributed by atoms with Gasteiger partial charge in [-0.3, -0.25) is 4.79 Å². The molecule has 3 heteroatoms. The van der Waals surface area contributed by atoms with Crippen LogP contribution in [0.1, 0.15) is 58.8 Å². The van der Waals surface area contributed by atoms with Crippen LogP contribution < -0.4 is 5.73 Å². The van der Waals surface area contributed by atoms with Gasteiger partial charge >= 0.3 is 5.97 Å². The van der Waals surface area contributed by atoms with E-state index in [-0.39, 0.29) is 17.9 Å². The summed E-state index contributed by atoms with van der Waals surface area (Å²) >= 11 is 0. The Morgan fingerprint density at radius 3 is 2.56 bits per heavy atom. The van der Waals surface area contributed by atoms with E-state index in [4.69, 9.17) is 10.8 Å². The lowest BCUT2D eigenvalue weighted by Gasteiger charge is -2.32. The second-order valence-electron chi connectivity index (χ2n) is 6.06. The van der Waals surface area contributed by atoms with E-state index in [1.54, 1.807) is 0 Å². The lowest BCUT2D eigenvalue weighted by molar-refractivity contribution is -0.137. The first-order valence-corrected chi connectivity index (χ1v) is 6.36. The Kier molecular flexibility index (Phi) is 4.78. The van der Waals surface area contributed by atoms with E-state index in [0.717, 1.165) is 12.3 Å². The maximum atomic E-state index is 10.5. The minimum absolute atomic E-state index is 0.0901. The molecule has 1 atom stereocenters. The van der Waals surface area contributed by atoms with E-state index in [2.05, 4.69) is 13.8 Å². The summed E-state index contributed by atoms with van der Waals surface area (Å²) < 4.78 is 0. The van der Waals surface area contributed by atoms with Crippen LogP contribution in [0.4, 0.5) is 0 Å². The second kappa shape index (κ2) is 5.67. The third-order valence-electron chi connectivity index (χ3n) is 3.71. The van der Waals surface area contributed by atoms with Gasteiger partial charge in [0.05, 0.1) is 6.42 Å². The first-order chi connectivity index (χ1) is 7.39. The molecule has 0 aliphatic heterocycles. The van der Waals surface area contributed by atoms with Crippen molar-refractivity contribution < 1.29 is 9.90 Å². The summed E-state index contributed by atoms with van der Waals surface area (Å²) in [5.41, 5.74) is 6.02. The van der Waals surface area contributed by atoms with Crippen LogP contribution in [0, 0.1) is 11.3 Å².